The summed E-state index contributed by atoms with van der Waals surface area (Å²) in [5, 5.41) is 10.6. The van der Waals surface area contributed by atoms with Crippen molar-refractivity contribution in [1.29, 1.82) is 0 Å². The second-order valence-corrected chi connectivity index (χ2v) is 6.35. The number of hydrogen-bond donors (Lipinski definition) is 2. The molecule has 2 N–H and O–H groups in total. The molecule has 0 saturated carbocycles. The second-order valence-electron chi connectivity index (χ2n) is 6.35. The third-order valence-corrected chi connectivity index (χ3v) is 3.87. The minimum Gasteiger partial charge on any atom is -0.357 e. The van der Waals surface area contributed by atoms with Gasteiger partial charge in [0.05, 0.1) is 6.54 Å². The standard InChI is InChI=1S/C19H29N5O.HI/c1-5-20-19(22-13-16-10-7-6-9-15(16)4)21-12-8-11-17-23-18(14(2)3)24-25-17;/h6-7,9-10,14H,5,8,11-13H2,1-4H3,(H2,20,21,22);1H. The van der Waals surface area contributed by atoms with Gasteiger partial charge >= 0.3 is 0 Å². The summed E-state index contributed by atoms with van der Waals surface area (Å²) in [6, 6.07) is 8.33. The SMILES string of the molecule is CCNC(=NCc1ccccc1C)NCCCc1nc(C(C)C)no1.I. The monoisotopic (exact) mass is 471 g/mol. The number of nitrogens with zero attached hydrogens (tertiary/aromatic N) is 3. The smallest absolute Gasteiger partial charge is 0.226 e. The molecular weight excluding hydrogens is 441 g/mol. The number of aromatic nitrogens is 2. The van der Waals surface area contributed by atoms with Crippen molar-refractivity contribution in [2.24, 2.45) is 4.99 Å². The van der Waals surface area contributed by atoms with Crippen LogP contribution < -0.4 is 10.6 Å². The Hall–Kier alpha value is -1.64. The summed E-state index contributed by atoms with van der Waals surface area (Å²) in [6.45, 7) is 10.6. The molecule has 0 spiro atoms. The molecule has 0 atom stereocenters. The van der Waals surface area contributed by atoms with Gasteiger partial charge in [-0.15, -0.1) is 24.0 Å². The van der Waals surface area contributed by atoms with Gasteiger partial charge in [-0.3, -0.25) is 0 Å². The molecule has 7 heteroatoms. The van der Waals surface area contributed by atoms with Crippen LogP contribution in [0.2, 0.25) is 0 Å². The average molecular weight is 471 g/mol. The number of halogens is 1. The van der Waals surface area contributed by atoms with Crippen LogP contribution >= 0.6 is 24.0 Å². The van der Waals surface area contributed by atoms with E-state index in [-0.39, 0.29) is 24.0 Å². The molecule has 0 aliphatic heterocycles. The van der Waals surface area contributed by atoms with Crippen LogP contribution in [-0.2, 0) is 13.0 Å². The Balaban J connectivity index is 0.00000338. The Morgan fingerprint density at radius 2 is 2.00 bits per heavy atom. The summed E-state index contributed by atoms with van der Waals surface area (Å²) >= 11 is 0. The Labute approximate surface area is 173 Å². The number of guanidine groups is 1. The number of aliphatic imine (C=N–C) groups is 1. The topological polar surface area (TPSA) is 75.3 Å². The number of nitrogens with one attached hydrogen (secondary N) is 2. The highest BCUT2D eigenvalue weighted by atomic mass is 127. The highest BCUT2D eigenvalue weighted by Gasteiger charge is 2.09. The number of hydrogen-bond acceptors (Lipinski definition) is 4. The van der Waals surface area contributed by atoms with E-state index in [1.807, 2.05) is 12.1 Å². The van der Waals surface area contributed by atoms with Crippen LogP contribution in [0.3, 0.4) is 0 Å². The zero-order valence-corrected chi connectivity index (χ0v) is 18.4. The summed E-state index contributed by atoms with van der Waals surface area (Å²) in [6.07, 6.45) is 1.68. The highest BCUT2D eigenvalue weighted by molar-refractivity contribution is 14.0. The lowest BCUT2D eigenvalue weighted by atomic mass is 10.1. The normalized spacial score (nSPS) is 11.3. The number of benzene rings is 1. The summed E-state index contributed by atoms with van der Waals surface area (Å²) in [7, 11) is 0. The Bertz CT molecular complexity index is 684. The zero-order chi connectivity index (χ0) is 18.1. The lowest BCUT2D eigenvalue weighted by Gasteiger charge is -2.11. The van der Waals surface area contributed by atoms with Gasteiger partial charge in [0.1, 0.15) is 0 Å². The van der Waals surface area contributed by atoms with E-state index in [9.17, 15) is 0 Å². The van der Waals surface area contributed by atoms with Crippen molar-refractivity contribution in [3.63, 3.8) is 0 Å². The van der Waals surface area contributed by atoms with Crippen LogP contribution in [0.25, 0.3) is 0 Å². The van der Waals surface area contributed by atoms with Crippen LogP contribution in [0, 0.1) is 6.92 Å². The average Bonchev–Trinajstić information content (AvgIpc) is 3.07. The first-order chi connectivity index (χ1) is 12.1. The Morgan fingerprint density at radius 1 is 1.23 bits per heavy atom. The second kappa shape index (κ2) is 11.9. The van der Waals surface area contributed by atoms with Gasteiger partial charge in [-0.25, -0.2) is 4.99 Å². The van der Waals surface area contributed by atoms with Gasteiger partial charge in [0.25, 0.3) is 0 Å². The van der Waals surface area contributed by atoms with Crippen molar-refractivity contribution in [3.8, 4) is 0 Å². The third-order valence-electron chi connectivity index (χ3n) is 3.87. The first-order valence-electron chi connectivity index (χ1n) is 8.99. The van der Waals surface area contributed by atoms with Crippen LogP contribution in [0.5, 0.6) is 0 Å². The van der Waals surface area contributed by atoms with E-state index in [4.69, 9.17) is 4.52 Å². The van der Waals surface area contributed by atoms with Gasteiger partial charge in [-0.05, 0) is 31.4 Å². The van der Waals surface area contributed by atoms with E-state index in [2.05, 4.69) is 65.6 Å². The minimum atomic E-state index is 0. The minimum absolute atomic E-state index is 0. The molecule has 2 aromatic rings. The van der Waals surface area contributed by atoms with E-state index in [1.54, 1.807) is 0 Å². The van der Waals surface area contributed by atoms with Crippen molar-refractivity contribution in [3.05, 3.63) is 47.1 Å². The van der Waals surface area contributed by atoms with E-state index in [1.165, 1.54) is 11.1 Å². The maximum atomic E-state index is 5.26. The van der Waals surface area contributed by atoms with Crippen LogP contribution in [-0.4, -0.2) is 29.2 Å². The summed E-state index contributed by atoms with van der Waals surface area (Å²) in [5.41, 5.74) is 2.51. The fourth-order valence-electron chi connectivity index (χ4n) is 2.34. The van der Waals surface area contributed by atoms with Crippen LogP contribution in [0.1, 0.15) is 56.0 Å². The predicted molar refractivity (Wildman–Crippen MR) is 116 cm³/mol. The fraction of sp³-hybridized carbons (Fsp3) is 0.526. The lowest BCUT2D eigenvalue weighted by Crippen LogP contribution is -2.37. The van der Waals surface area contributed by atoms with Crippen molar-refractivity contribution in [1.82, 2.24) is 20.8 Å². The molecule has 0 aliphatic carbocycles. The first-order valence-corrected chi connectivity index (χ1v) is 8.99. The molecule has 0 unspecified atom stereocenters. The van der Waals surface area contributed by atoms with Gasteiger partial charge < -0.3 is 15.2 Å². The molecule has 26 heavy (non-hydrogen) atoms. The first kappa shape index (κ1) is 22.4. The lowest BCUT2D eigenvalue weighted by molar-refractivity contribution is 0.368. The maximum absolute atomic E-state index is 5.26. The largest absolute Gasteiger partial charge is 0.357 e. The molecule has 0 amide bonds. The molecule has 0 fully saturated rings. The van der Waals surface area contributed by atoms with E-state index in [0.717, 1.165) is 37.7 Å². The molecule has 0 saturated heterocycles. The molecule has 0 radical (unpaired) electrons. The molecule has 0 aliphatic rings. The van der Waals surface area contributed by atoms with Gasteiger partial charge in [0.2, 0.25) is 5.89 Å². The Morgan fingerprint density at radius 3 is 2.65 bits per heavy atom. The summed E-state index contributed by atoms with van der Waals surface area (Å²) in [5.74, 6) is 2.60. The Kier molecular flexibility index (Phi) is 10.2. The third kappa shape index (κ3) is 7.31. The molecule has 1 aromatic carbocycles. The van der Waals surface area contributed by atoms with Crippen LogP contribution in [0.15, 0.2) is 33.8 Å². The van der Waals surface area contributed by atoms with Crippen molar-refractivity contribution in [2.75, 3.05) is 13.1 Å². The fourth-order valence-corrected chi connectivity index (χ4v) is 2.34. The maximum Gasteiger partial charge on any atom is 0.226 e. The van der Waals surface area contributed by atoms with Gasteiger partial charge in [-0.2, -0.15) is 4.98 Å². The van der Waals surface area contributed by atoms with E-state index < -0.39 is 0 Å². The van der Waals surface area contributed by atoms with Crippen LogP contribution in [0.4, 0.5) is 0 Å². The van der Waals surface area contributed by atoms with Crippen molar-refractivity contribution in [2.45, 2.75) is 53.0 Å². The molecule has 144 valence electrons. The molecule has 0 bridgehead atoms. The van der Waals surface area contributed by atoms with E-state index >= 15 is 0 Å². The van der Waals surface area contributed by atoms with Crippen molar-refractivity contribution < 1.29 is 4.52 Å². The summed E-state index contributed by atoms with van der Waals surface area (Å²) in [4.78, 5) is 9.06. The quantitative estimate of drug-likeness (QED) is 0.265. The molecule has 2 rings (SSSR count). The molecule has 1 aromatic heterocycles. The zero-order valence-electron chi connectivity index (χ0n) is 16.1. The summed E-state index contributed by atoms with van der Waals surface area (Å²) < 4.78 is 5.26. The number of rotatable bonds is 8. The van der Waals surface area contributed by atoms with E-state index in [0.29, 0.717) is 18.4 Å². The van der Waals surface area contributed by atoms with Crippen molar-refractivity contribution >= 4 is 29.9 Å². The molecule has 6 nitrogen and oxygen atoms in total. The predicted octanol–water partition coefficient (Wildman–Crippen LogP) is 3.81. The molecule has 1 heterocycles. The van der Waals surface area contributed by atoms with Gasteiger partial charge in [0, 0.05) is 25.4 Å². The molecular formula is C19H30IN5O. The van der Waals surface area contributed by atoms with Gasteiger partial charge in [0.15, 0.2) is 11.8 Å². The number of aryl methyl sites for hydroxylation is 2. The highest BCUT2D eigenvalue weighted by Crippen LogP contribution is 2.10. The van der Waals surface area contributed by atoms with Gasteiger partial charge in [-0.1, -0.05) is 43.3 Å².